The molecule has 0 radical (unpaired) electrons. The van der Waals surface area contributed by atoms with Crippen LogP contribution in [0, 0.1) is 6.92 Å². The van der Waals surface area contributed by atoms with Gasteiger partial charge in [0.2, 0.25) is 0 Å². The van der Waals surface area contributed by atoms with Crippen molar-refractivity contribution < 1.29 is 4.74 Å². The molecule has 1 unspecified atom stereocenters. The molecule has 0 amide bonds. The maximum atomic E-state index is 5.99. The molecule has 0 saturated carbocycles. The Morgan fingerprint density at radius 2 is 2.20 bits per heavy atom. The first-order valence-corrected chi connectivity index (χ1v) is 7.93. The van der Waals surface area contributed by atoms with E-state index in [0.717, 1.165) is 36.6 Å². The second-order valence-electron chi connectivity index (χ2n) is 4.89. The van der Waals surface area contributed by atoms with Crippen molar-refractivity contribution >= 4 is 11.3 Å². The maximum Gasteiger partial charge on any atom is 0.141 e. The van der Waals surface area contributed by atoms with Crippen molar-refractivity contribution in [2.75, 3.05) is 6.54 Å². The van der Waals surface area contributed by atoms with Crippen LogP contribution in [0.25, 0.3) is 0 Å². The number of hydrogen-bond acceptors (Lipinski definition) is 4. The van der Waals surface area contributed by atoms with Gasteiger partial charge in [-0.05, 0) is 43.8 Å². The van der Waals surface area contributed by atoms with E-state index in [9.17, 15) is 0 Å². The van der Waals surface area contributed by atoms with Crippen LogP contribution >= 0.6 is 11.3 Å². The average Bonchev–Trinajstić information content (AvgIpc) is 2.94. The monoisotopic (exact) mass is 290 g/mol. The Labute approximate surface area is 125 Å². The van der Waals surface area contributed by atoms with E-state index in [-0.39, 0.29) is 6.10 Å². The minimum Gasteiger partial charge on any atom is -0.487 e. The van der Waals surface area contributed by atoms with Crippen LogP contribution < -0.4 is 10.1 Å². The first-order chi connectivity index (χ1) is 9.69. The smallest absolute Gasteiger partial charge is 0.141 e. The van der Waals surface area contributed by atoms with E-state index in [0.29, 0.717) is 0 Å². The number of thiophene rings is 1. The molecule has 0 aliphatic carbocycles. The number of hydrogen-bond donors (Lipinski definition) is 1. The number of pyridine rings is 1. The maximum absolute atomic E-state index is 5.99. The number of nitrogens with zero attached hydrogens (tertiary/aromatic N) is 1. The molecule has 1 N–H and O–H groups in total. The molecule has 1 atom stereocenters. The second-order valence-corrected chi connectivity index (χ2v) is 5.92. The molecule has 2 aromatic heterocycles. The first-order valence-electron chi connectivity index (χ1n) is 7.05. The van der Waals surface area contributed by atoms with E-state index in [4.69, 9.17) is 4.74 Å². The summed E-state index contributed by atoms with van der Waals surface area (Å²) in [7, 11) is 0. The molecule has 2 rings (SSSR count). The Morgan fingerprint density at radius 1 is 1.35 bits per heavy atom. The first kappa shape index (κ1) is 15.0. The lowest BCUT2D eigenvalue weighted by Gasteiger charge is -2.17. The van der Waals surface area contributed by atoms with E-state index in [1.54, 1.807) is 11.3 Å². The molecule has 20 heavy (non-hydrogen) atoms. The second kappa shape index (κ2) is 7.41. The third-order valence-corrected chi connectivity index (χ3v) is 3.92. The van der Waals surface area contributed by atoms with Crippen molar-refractivity contribution in [3.8, 4) is 5.75 Å². The van der Waals surface area contributed by atoms with Crippen LogP contribution in [0.1, 0.15) is 30.1 Å². The topological polar surface area (TPSA) is 34.1 Å². The number of ether oxygens (including phenoxy) is 1. The van der Waals surface area contributed by atoms with Crippen molar-refractivity contribution in [1.29, 1.82) is 0 Å². The van der Waals surface area contributed by atoms with Gasteiger partial charge in [0.15, 0.2) is 0 Å². The summed E-state index contributed by atoms with van der Waals surface area (Å²) in [5, 5.41) is 5.52. The zero-order valence-electron chi connectivity index (χ0n) is 12.3. The Kier molecular flexibility index (Phi) is 5.56. The molecule has 0 saturated heterocycles. The molecule has 4 heteroatoms. The summed E-state index contributed by atoms with van der Waals surface area (Å²) in [4.78, 5) is 5.87. The largest absolute Gasteiger partial charge is 0.487 e. The number of nitrogens with one attached hydrogen (secondary N) is 1. The van der Waals surface area contributed by atoms with Crippen LogP contribution in [0.15, 0.2) is 29.6 Å². The summed E-state index contributed by atoms with van der Waals surface area (Å²) in [5.41, 5.74) is 2.08. The Hall–Kier alpha value is -1.39. The van der Waals surface area contributed by atoms with Gasteiger partial charge in [0.1, 0.15) is 11.9 Å². The average molecular weight is 290 g/mol. The van der Waals surface area contributed by atoms with Gasteiger partial charge in [-0.25, -0.2) is 0 Å². The van der Waals surface area contributed by atoms with Crippen molar-refractivity contribution in [3.05, 3.63) is 45.9 Å². The molecule has 0 fully saturated rings. The van der Waals surface area contributed by atoms with Gasteiger partial charge in [-0.3, -0.25) is 4.98 Å². The van der Waals surface area contributed by atoms with Crippen LogP contribution in [-0.4, -0.2) is 17.6 Å². The Balaban J connectivity index is 1.83. The lowest BCUT2D eigenvalue weighted by Crippen LogP contribution is -2.28. The number of rotatable bonds is 7. The molecule has 0 aromatic carbocycles. The molecule has 2 heterocycles. The molecule has 2 aromatic rings. The highest BCUT2D eigenvalue weighted by atomic mass is 32.1. The fraction of sp³-hybridized carbons (Fsp3) is 0.438. The lowest BCUT2D eigenvalue weighted by atomic mass is 10.2. The Morgan fingerprint density at radius 3 is 2.90 bits per heavy atom. The lowest BCUT2D eigenvalue weighted by molar-refractivity contribution is 0.214. The normalized spacial score (nSPS) is 12.3. The minimum atomic E-state index is 0.129. The molecule has 0 aliphatic heterocycles. The summed E-state index contributed by atoms with van der Waals surface area (Å²) in [6.45, 7) is 7.93. The summed E-state index contributed by atoms with van der Waals surface area (Å²) in [6.07, 6.45) is 1.02. The predicted molar refractivity (Wildman–Crippen MR) is 84.5 cm³/mol. The molecule has 0 spiro atoms. The summed E-state index contributed by atoms with van der Waals surface area (Å²) in [6, 6.07) is 8.24. The molecule has 0 aliphatic rings. The van der Waals surface area contributed by atoms with Crippen LogP contribution in [0.3, 0.4) is 0 Å². The summed E-state index contributed by atoms with van der Waals surface area (Å²) >= 11 is 1.77. The van der Waals surface area contributed by atoms with Gasteiger partial charge >= 0.3 is 0 Å². The van der Waals surface area contributed by atoms with Crippen LogP contribution in [0.4, 0.5) is 0 Å². The highest BCUT2D eigenvalue weighted by Crippen LogP contribution is 2.18. The van der Waals surface area contributed by atoms with E-state index < -0.39 is 0 Å². The van der Waals surface area contributed by atoms with Gasteiger partial charge in [0.05, 0.1) is 5.69 Å². The van der Waals surface area contributed by atoms with Crippen molar-refractivity contribution in [2.45, 2.75) is 39.8 Å². The molecule has 3 nitrogen and oxygen atoms in total. The van der Waals surface area contributed by atoms with E-state index in [1.807, 2.05) is 19.1 Å². The summed E-state index contributed by atoms with van der Waals surface area (Å²) in [5.74, 6) is 0.906. The number of aryl methyl sites for hydroxylation is 2. The van der Waals surface area contributed by atoms with Gasteiger partial charge < -0.3 is 10.1 Å². The van der Waals surface area contributed by atoms with E-state index >= 15 is 0 Å². The van der Waals surface area contributed by atoms with Crippen molar-refractivity contribution in [2.24, 2.45) is 0 Å². The van der Waals surface area contributed by atoms with E-state index in [2.05, 4.69) is 41.7 Å². The standard InChI is InChI=1S/C16H22N2OS/c1-4-15-16(8-7-12(2)18-15)19-13(3)10-17-11-14-6-5-9-20-14/h5-9,13,17H,4,10-11H2,1-3H3. The highest BCUT2D eigenvalue weighted by Gasteiger charge is 2.08. The van der Waals surface area contributed by atoms with Gasteiger partial charge in [-0.1, -0.05) is 13.0 Å². The van der Waals surface area contributed by atoms with Gasteiger partial charge in [0, 0.05) is 23.7 Å². The molecule has 108 valence electrons. The van der Waals surface area contributed by atoms with Gasteiger partial charge in [-0.2, -0.15) is 0 Å². The SMILES string of the molecule is CCc1nc(C)ccc1OC(C)CNCc1cccs1. The predicted octanol–water partition coefficient (Wildman–Crippen LogP) is 3.57. The van der Waals surface area contributed by atoms with Crippen molar-refractivity contribution in [3.63, 3.8) is 0 Å². The van der Waals surface area contributed by atoms with Gasteiger partial charge in [-0.15, -0.1) is 11.3 Å². The Bertz CT molecular complexity index is 525. The zero-order valence-corrected chi connectivity index (χ0v) is 13.2. The molecule has 0 bridgehead atoms. The minimum absolute atomic E-state index is 0.129. The third-order valence-electron chi connectivity index (χ3n) is 3.05. The third kappa shape index (κ3) is 4.32. The van der Waals surface area contributed by atoms with Crippen LogP contribution in [0.5, 0.6) is 5.75 Å². The fourth-order valence-corrected chi connectivity index (χ4v) is 2.70. The summed E-state index contributed by atoms with van der Waals surface area (Å²) < 4.78 is 5.99. The van der Waals surface area contributed by atoms with Crippen LogP contribution in [0.2, 0.25) is 0 Å². The molecular weight excluding hydrogens is 268 g/mol. The highest BCUT2D eigenvalue weighted by molar-refractivity contribution is 7.09. The fourth-order valence-electron chi connectivity index (χ4n) is 2.03. The van der Waals surface area contributed by atoms with E-state index in [1.165, 1.54) is 4.88 Å². The van der Waals surface area contributed by atoms with Crippen molar-refractivity contribution in [1.82, 2.24) is 10.3 Å². The quantitative estimate of drug-likeness (QED) is 0.846. The molecular formula is C16H22N2OS. The number of aromatic nitrogens is 1. The van der Waals surface area contributed by atoms with Crippen LogP contribution in [-0.2, 0) is 13.0 Å². The zero-order chi connectivity index (χ0) is 14.4. The van der Waals surface area contributed by atoms with Gasteiger partial charge in [0.25, 0.3) is 0 Å².